The van der Waals surface area contributed by atoms with Crippen LogP contribution in [0.15, 0.2) is 18.2 Å². The molecule has 2 saturated heterocycles. The van der Waals surface area contributed by atoms with Crippen molar-refractivity contribution in [2.45, 2.75) is 38.3 Å². The fraction of sp³-hybridized carbons (Fsp3) is 0.533. The van der Waals surface area contributed by atoms with Gasteiger partial charge in [0.2, 0.25) is 5.91 Å². The van der Waals surface area contributed by atoms with Gasteiger partial charge in [-0.05, 0) is 44.0 Å². The van der Waals surface area contributed by atoms with Crippen LogP contribution >= 0.6 is 0 Å². The minimum Gasteiger partial charge on any atom is -0.378 e. The van der Waals surface area contributed by atoms with Gasteiger partial charge in [-0.3, -0.25) is 9.69 Å². The van der Waals surface area contributed by atoms with Crippen LogP contribution in [0.25, 0.3) is 0 Å². The van der Waals surface area contributed by atoms with E-state index in [1.54, 1.807) is 12.1 Å². The lowest BCUT2D eigenvalue weighted by Crippen LogP contribution is -2.34. The van der Waals surface area contributed by atoms with Crippen molar-refractivity contribution in [3.8, 4) is 0 Å². The van der Waals surface area contributed by atoms with Crippen LogP contribution < -0.4 is 10.6 Å². The largest absolute Gasteiger partial charge is 0.378 e. The molecule has 1 aromatic rings. The first-order valence-electron chi connectivity index (χ1n) is 7.21. The molecule has 0 bridgehead atoms. The van der Waals surface area contributed by atoms with Crippen molar-refractivity contribution in [1.29, 1.82) is 0 Å². The molecule has 1 amide bonds. The van der Waals surface area contributed by atoms with E-state index in [1.165, 1.54) is 25.8 Å². The Balaban J connectivity index is 1.74. The average Bonchev–Trinajstić information content (AvgIpc) is 2.97. The topological polar surface area (TPSA) is 44.4 Å². The Hall–Kier alpha value is -1.62. The molecule has 2 atom stereocenters. The number of hydrogen-bond donors (Lipinski definition) is 2. The zero-order chi connectivity index (χ0) is 14.1. The summed E-state index contributed by atoms with van der Waals surface area (Å²) in [6.07, 6.45) is 3.47. The lowest BCUT2D eigenvalue weighted by Gasteiger charge is -2.22. The van der Waals surface area contributed by atoms with Gasteiger partial charge < -0.3 is 10.6 Å². The van der Waals surface area contributed by atoms with Crippen molar-refractivity contribution in [2.75, 3.05) is 23.7 Å². The monoisotopic (exact) mass is 277 g/mol. The number of amides is 1. The quantitative estimate of drug-likeness (QED) is 0.892. The van der Waals surface area contributed by atoms with Gasteiger partial charge in [0.1, 0.15) is 5.82 Å². The maximum absolute atomic E-state index is 13.9. The predicted octanol–water partition coefficient (Wildman–Crippen LogP) is 2.43. The predicted molar refractivity (Wildman–Crippen MR) is 77.3 cm³/mol. The van der Waals surface area contributed by atoms with E-state index in [0.717, 1.165) is 19.5 Å². The highest BCUT2D eigenvalue weighted by Crippen LogP contribution is 2.31. The fourth-order valence-corrected chi connectivity index (χ4v) is 3.37. The minimum absolute atomic E-state index is 0.148. The molecule has 2 heterocycles. The molecule has 0 aliphatic carbocycles. The second-order valence-electron chi connectivity index (χ2n) is 5.66. The summed E-state index contributed by atoms with van der Waals surface area (Å²) in [5, 5.41) is 6.01. The molecule has 1 aromatic carbocycles. The summed E-state index contributed by atoms with van der Waals surface area (Å²) in [6, 6.07) is 5.49. The number of nitrogens with zero attached hydrogens (tertiary/aromatic N) is 1. The molecule has 2 aliphatic heterocycles. The second-order valence-corrected chi connectivity index (χ2v) is 5.66. The Morgan fingerprint density at radius 1 is 1.35 bits per heavy atom. The molecule has 20 heavy (non-hydrogen) atoms. The molecular weight excluding hydrogens is 257 g/mol. The molecule has 2 unspecified atom stereocenters. The Morgan fingerprint density at radius 2 is 2.20 bits per heavy atom. The summed E-state index contributed by atoms with van der Waals surface area (Å²) < 4.78 is 13.9. The summed E-state index contributed by atoms with van der Waals surface area (Å²) in [6.45, 7) is 3.70. The van der Waals surface area contributed by atoms with Gasteiger partial charge in [-0.15, -0.1) is 0 Å². The van der Waals surface area contributed by atoms with Crippen molar-refractivity contribution >= 4 is 17.3 Å². The number of fused-ring (bicyclic) bond motifs is 1. The highest BCUT2D eigenvalue weighted by Gasteiger charge is 2.37. The van der Waals surface area contributed by atoms with E-state index < -0.39 is 0 Å². The number of halogens is 1. The molecule has 108 valence electrons. The highest BCUT2D eigenvalue weighted by atomic mass is 19.1. The number of carbonyl (C=O) groups is 1. The standard InChI is InChI=1S/C15H20FN3O/c1-10(20)17-11-4-5-12(16)14(9-11)18-13-6-8-19-7-2-3-15(13)19/h4-5,9,13,15,18H,2-3,6-8H2,1H3,(H,17,20). The molecule has 0 radical (unpaired) electrons. The third kappa shape index (κ3) is 2.63. The van der Waals surface area contributed by atoms with Gasteiger partial charge in [-0.2, -0.15) is 0 Å². The number of benzene rings is 1. The van der Waals surface area contributed by atoms with Gasteiger partial charge in [0.05, 0.1) is 5.69 Å². The number of carbonyl (C=O) groups excluding carboxylic acids is 1. The molecule has 2 N–H and O–H groups in total. The average molecular weight is 277 g/mol. The minimum atomic E-state index is -0.268. The van der Waals surface area contributed by atoms with E-state index in [1.807, 2.05) is 0 Å². The summed E-state index contributed by atoms with van der Waals surface area (Å²) in [5.74, 6) is -0.416. The van der Waals surface area contributed by atoms with Crippen LogP contribution in [0.4, 0.5) is 15.8 Å². The molecule has 0 aromatic heterocycles. The number of hydrogen-bond acceptors (Lipinski definition) is 3. The third-order valence-corrected chi connectivity index (χ3v) is 4.23. The Morgan fingerprint density at radius 3 is 3.00 bits per heavy atom. The van der Waals surface area contributed by atoms with Gasteiger partial charge in [0.15, 0.2) is 0 Å². The summed E-state index contributed by atoms with van der Waals surface area (Å²) >= 11 is 0. The summed E-state index contributed by atoms with van der Waals surface area (Å²) in [7, 11) is 0. The van der Waals surface area contributed by atoms with Gasteiger partial charge in [0, 0.05) is 31.2 Å². The first kappa shape index (κ1) is 13.4. The van der Waals surface area contributed by atoms with E-state index >= 15 is 0 Å². The normalized spacial score (nSPS) is 25.5. The summed E-state index contributed by atoms with van der Waals surface area (Å²) in [4.78, 5) is 13.6. The van der Waals surface area contributed by atoms with E-state index in [2.05, 4.69) is 15.5 Å². The molecular formula is C15H20FN3O. The molecule has 5 heteroatoms. The Bertz CT molecular complexity index is 520. The molecule has 2 fully saturated rings. The fourth-order valence-electron chi connectivity index (χ4n) is 3.37. The first-order valence-corrected chi connectivity index (χ1v) is 7.21. The van der Waals surface area contributed by atoms with Crippen molar-refractivity contribution < 1.29 is 9.18 Å². The van der Waals surface area contributed by atoms with Gasteiger partial charge >= 0.3 is 0 Å². The lowest BCUT2D eigenvalue weighted by atomic mass is 10.1. The van der Waals surface area contributed by atoms with Crippen LogP contribution in [0, 0.1) is 5.82 Å². The zero-order valence-electron chi connectivity index (χ0n) is 11.7. The maximum Gasteiger partial charge on any atom is 0.221 e. The number of nitrogens with one attached hydrogen (secondary N) is 2. The highest BCUT2D eigenvalue weighted by molar-refractivity contribution is 5.89. The van der Waals surface area contributed by atoms with Crippen molar-refractivity contribution in [3.63, 3.8) is 0 Å². The second kappa shape index (κ2) is 5.40. The molecule has 3 rings (SSSR count). The maximum atomic E-state index is 13.9. The molecule has 2 aliphatic rings. The lowest BCUT2D eigenvalue weighted by molar-refractivity contribution is -0.114. The smallest absolute Gasteiger partial charge is 0.221 e. The van der Waals surface area contributed by atoms with E-state index in [9.17, 15) is 9.18 Å². The molecule has 0 saturated carbocycles. The van der Waals surface area contributed by atoms with Gasteiger partial charge in [-0.25, -0.2) is 4.39 Å². The molecule has 4 nitrogen and oxygen atoms in total. The van der Waals surface area contributed by atoms with Crippen LogP contribution in [0.1, 0.15) is 26.2 Å². The SMILES string of the molecule is CC(=O)Nc1ccc(F)c(NC2CCN3CCCC23)c1. The number of anilines is 2. The Kier molecular flexibility index (Phi) is 3.61. The van der Waals surface area contributed by atoms with Gasteiger partial charge in [-0.1, -0.05) is 0 Å². The van der Waals surface area contributed by atoms with Crippen LogP contribution in [0.3, 0.4) is 0 Å². The van der Waals surface area contributed by atoms with E-state index in [0.29, 0.717) is 23.5 Å². The van der Waals surface area contributed by atoms with Gasteiger partial charge in [0.25, 0.3) is 0 Å². The first-order chi connectivity index (χ1) is 9.63. The zero-order valence-corrected chi connectivity index (χ0v) is 11.7. The third-order valence-electron chi connectivity index (χ3n) is 4.23. The number of rotatable bonds is 3. The van der Waals surface area contributed by atoms with Crippen LogP contribution in [0.5, 0.6) is 0 Å². The van der Waals surface area contributed by atoms with Crippen LogP contribution in [-0.4, -0.2) is 36.0 Å². The van der Waals surface area contributed by atoms with Crippen LogP contribution in [0.2, 0.25) is 0 Å². The van der Waals surface area contributed by atoms with Crippen molar-refractivity contribution in [1.82, 2.24) is 4.90 Å². The van der Waals surface area contributed by atoms with E-state index in [4.69, 9.17) is 0 Å². The van der Waals surface area contributed by atoms with Crippen LogP contribution in [-0.2, 0) is 4.79 Å². The van der Waals surface area contributed by atoms with Crippen molar-refractivity contribution in [3.05, 3.63) is 24.0 Å². The Labute approximate surface area is 118 Å². The van der Waals surface area contributed by atoms with Crippen molar-refractivity contribution in [2.24, 2.45) is 0 Å². The molecule has 0 spiro atoms. The summed E-state index contributed by atoms with van der Waals surface area (Å²) in [5.41, 5.74) is 1.11. The van der Waals surface area contributed by atoms with E-state index in [-0.39, 0.29) is 11.7 Å².